The average molecular weight is 511 g/mol. The van der Waals surface area contributed by atoms with E-state index in [1.54, 1.807) is 6.07 Å². The highest BCUT2D eigenvalue weighted by Crippen LogP contribution is 2.34. The molecule has 1 aromatic carbocycles. The lowest BCUT2D eigenvalue weighted by molar-refractivity contribution is -0.137. The molecule has 0 unspecified atom stereocenters. The third-order valence-corrected chi connectivity index (χ3v) is 5.83. The van der Waals surface area contributed by atoms with E-state index < -0.39 is 33.5 Å². The molecule has 1 amide bonds. The summed E-state index contributed by atoms with van der Waals surface area (Å²) in [4.78, 5) is 27.0. The van der Waals surface area contributed by atoms with E-state index in [0.717, 1.165) is 0 Å². The topological polar surface area (TPSA) is 165 Å². The fourth-order valence-corrected chi connectivity index (χ4v) is 3.39. The van der Waals surface area contributed by atoms with Crippen molar-refractivity contribution in [3.63, 3.8) is 0 Å². The molecule has 0 aliphatic heterocycles. The minimum atomic E-state index is -4.77. The van der Waals surface area contributed by atoms with Crippen molar-refractivity contribution in [1.82, 2.24) is 19.9 Å². The molecule has 2 aromatic heterocycles. The molecular weight excluding hydrogens is 489 g/mol. The van der Waals surface area contributed by atoms with Crippen LogP contribution in [0, 0.1) is 6.92 Å². The Hall–Kier alpha value is -4.01. The Kier molecular flexibility index (Phi) is 7.38. The summed E-state index contributed by atoms with van der Waals surface area (Å²) in [6, 6.07) is 5.95. The Morgan fingerprint density at radius 2 is 1.86 bits per heavy atom. The number of nitrogens with zero attached hydrogens (tertiary/aromatic N) is 4. The lowest BCUT2D eigenvalue weighted by atomic mass is 10.2. The SMILES string of the molecule is CCS(=O)(=O)Nc1nc(C)ncc1CNc1nc(Nc2cccc(C(N)=O)c2)ncc1C(F)(F)F. The van der Waals surface area contributed by atoms with Gasteiger partial charge in [0.25, 0.3) is 0 Å². The van der Waals surface area contributed by atoms with Crippen LogP contribution in [0.25, 0.3) is 0 Å². The van der Waals surface area contributed by atoms with Gasteiger partial charge in [-0.25, -0.2) is 23.4 Å². The summed E-state index contributed by atoms with van der Waals surface area (Å²) < 4.78 is 66.9. The minimum absolute atomic E-state index is 0.0592. The molecule has 0 spiro atoms. The number of nitrogens with two attached hydrogens (primary N) is 1. The van der Waals surface area contributed by atoms with Gasteiger partial charge in [0.05, 0.1) is 5.75 Å². The van der Waals surface area contributed by atoms with E-state index in [1.807, 2.05) is 0 Å². The highest BCUT2D eigenvalue weighted by atomic mass is 32.2. The normalized spacial score (nSPS) is 11.7. The second kappa shape index (κ2) is 10.1. The summed E-state index contributed by atoms with van der Waals surface area (Å²) in [7, 11) is -3.69. The van der Waals surface area contributed by atoms with Gasteiger partial charge in [0.2, 0.25) is 21.9 Å². The molecule has 35 heavy (non-hydrogen) atoms. The van der Waals surface area contributed by atoms with Crippen LogP contribution in [-0.4, -0.2) is 40.0 Å². The molecule has 0 radical (unpaired) electrons. The molecule has 11 nitrogen and oxygen atoms in total. The number of sulfonamides is 1. The van der Waals surface area contributed by atoms with Crippen molar-refractivity contribution in [2.45, 2.75) is 26.6 Å². The molecular formula is C20H21F3N8O3S. The minimum Gasteiger partial charge on any atom is -0.366 e. The van der Waals surface area contributed by atoms with Crippen LogP contribution < -0.4 is 21.1 Å². The maximum Gasteiger partial charge on any atom is 0.421 e. The second-order valence-corrected chi connectivity index (χ2v) is 9.18. The second-order valence-electron chi connectivity index (χ2n) is 7.17. The van der Waals surface area contributed by atoms with Gasteiger partial charge in [-0.05, 0) is 32.0 Å². The van der Waals surface area contributed by atoms with Gasteiger partial charge < -0.3 is 16.4 Å². The fraction of sp³-hybridized carbons (Fsp3) is 0.250. The zero-order valence-electron chi connectivity index (χ0n) is 18.5. The fourth-order valence-electron chi connectivity index (χ4n) is 2.77. The largest absolute Gasteiger partial charge is 0.421 e. The molecule has 0 saturated heterocycles. The van der Waals surface area contributed by atoms with Gasteiger partial charge in [-0.2, -0.15) is 18.2 Å². The number of alkyl halides is 3. The van der Waals surface area contributed by atoms with Crippen LogP contribution >= 0.6 is 0 Å². The van der Waals surface area contributed by atoms with Crippen LogP contribution in [0.1, 0.15) is 34.2 Å². The zero-order chi connectivity index (χ0) is 25.8. The van der Waals surface area contributed by atoms with Crippen molar-refractivity contribution in [2.24, 2.45) is 5.73 Å². The monoisotopic (exact) mass is 510 g/mol. The summed E-state index contributed by atoms with van der Waals surface area (Å²) in [6.07, 6.45) is -2.88. The number of halogens is 3. The number of aryl methyl sites for hydroxylation is 1. The smallest absolute Gasteiger partial charge is 0.366 e. The third-order valence-electron chi connectivity index (χ3n) is 4.56. The van der Waals surface area contributed by atoms with E-state index in [0.29, 0.717) is 11.9 Å². The van der Waals surface area contributed by atoms with Crippen LogP contribution in [0.3, 0.4) is 0 Å². The van der Waals surface area contributed by atoms with Gasteiger partial charge >= 0.3 is 6.18 Å². The Labute approximate surface area is 198 Å². The molecule has 0 atom stereocenters. The first-order valence-corrected chi connectivity index (χ1v) is 11.7. The lowest BCUT2D eigenvalue weighted by Crippen LogP contribution is -2.19. The molecule has 0 saturated carbocycles. The van der Waals surface area contributed by atoms with Crippen LogP contribution in [0.15, 0.2) is 36.7 Å². The van der Waals surface area contributed by atoms with Crippen LogP contribution in [0.4, 0.5) is 36.4 Å². The molecule has 0 fully saturated rings. The van der Waals surface area contributed by atoms with E-state index in [1.165, 1.54) is 38.2 Å². The third kappa shape index (κ3) is 6.75. The number of hydrogen-bond acceptors (Lipinski definition) is 9. The molecule has 3 rings (SSSR count). The zero-order valence-corrected chi connectivity index (χ0v) is 19.3. The van der Waals surface area contributed by atoms with Crippen molar-refractivity contribution in [1.29, 1.82) is 0 Å². The first kappa shape index (κ1) is 25.6. The van der Waals surface area contributed by atoms with Gasteiger partial charge in [0.15, 0.2) is 0 Å². The van der Waals surface area contributed by atoms with E-state index >= 15 is 0 Å². The summed E-state index contributed by atoms with van der Waals surface area (Å²) in [5.74, 6) is -1.44. The number of carbonyl (C=O) groups excluding carboxylic acids is 1. The number of hydrogen-bond donors (Lipinski definition) is 4. The van der Waals surface area contributed by atoms with Gasteiger partial charge in [0.1, 0.15) is 23.0 Å². The van der Waals surface area contributed by atoms with Crippen LogP contribution in [0.5, 0.6) is 0 Å². The summed E-state index contributed by atoms with van der Waals surface area (Å²) >= 11 is 0. The predicted molar refractivity (Wildman–Crippen MR) is 122 cm³/mol. The molecule has 3 aromatic rings. The van der Waals surface area contributed by atoms with E-state index in [9.17, 15) is 26.4 Å². The number of anilines is 4. The highest BCUT2D eigenvalue weighted by Gasteiger charge is 2.35. The van der Waals surface area contributed by atoms with Crippen molar-refractivity contribution in [3.8, 4) is 0 Å². The highest BCUT2D eigenvalue weighted by molar-refractivity contribution is 7.92. The predicted octanol–water partition coefficient (Wildman–Crippen LogP) is 2.81. The first-order valence-electron chi connectivity index (χ1n) is 10.1. The van der Waals surface area contributed by atoms with Gasteiger partial charge in [-0.15, -0.1) is 0 Å². The Balaban J connectivity index is 1.91. The molecule has 0 bridgehead atoms. The van der Waals surface area contributed by atoms with Crippen LogP contribution in [0.2, 0.25) is 0 Å². The molecule has 186 valence electrons. The number of aromatic nitrogens is 4. The molecule has 5 N–H and O–H groups in total. The standard InChI is InChI=1S/C20H21F3N8O3S/c1-3-35(33,34)31-17-13(8-25-11(2)28-17)9-26-18-15(20(21,22)23)10-27-19(30-18)29-14-6-4-5-12(7-14)16(24)32/h4-8,10H,3,9H2,1-2H3,(H2,24,32)(H,25,28,31)(H2,26,27,29,30). The number of benzene rings is 1. The van der Waals surface area contributed by atoms with Crippen molar-refractivity contribution >= 4 is 39.2 Å². The van der Waals surface area contributed by atoms with Gasteiger partial charge in [-0.1, -0.05) is 6.07 Å². The maximum absolute atomic E-state index is 13.6. The van der Waals surface area contributed by atoms with Crippen molar-refractivity contribution in [2.75, 3.05) is 21.1 Å². The number of amides is 1. The summed E-state index contributed by atoms with van der Waals surface area (Å²) in [5.41, 5.74) is 4.81. The Bertz CT molecular complexity index is 1350. The van der Waals surface area contributed by atoms with Gasteiger partial charge in [-0.3, -0.25) is 9.52 Å². The van der Waals surface area contributed by atoms with E-state index in [2.05, 4.69) is 35.3 Å². The van der Waals surface area contributed by atoms with Crippen molar-refractivity contribution < 1.29 is 26.4 Å². The summed E-state index contributed by atoms with van der Waals surface area (Å²) in [6.45, 7) is 2.69. The molecule has 0 aliphatic rings. The maximum atomic E-state index is 13.6. The summed E-state index contributed by atoms with van der Waals surface area (Å²) in [5, 5.41) is 5.28. The molecule has 15 heteroatoms. The first-order chi connectivity index (χ1) is 16.4. The van der Waals surface area contributed by atoms with Crippen molar-refractivity contribution in [3.05, 3.63) is 59.2 Å². The van der Waals surface area contributed by atoms with E-state index in [-0.39, 0.29) is 41.0 Å². The Morgan fingerprint density at radius 1 is 1.11 bits per heavy atom. The molecule has 0 aliphatic carbocycles. The van der Waals surface area contributed by atoms with Gasteiger partial charge in [0, 0.05) is 35.8 Å². The number of nitrogens with one attached hydrogen (secondary N) is 3. The molecule has 2 heterocycles. The van der Waals surface area contributed by atoms with Crippen LogP contribution in [-0.2, 0) is 22.7 Å². The number of rotatable bonds is 9. The number of carbonyl (C=O) groups is 1. The number of primary amides is 1. The quantitative estimate of drug-likeness (QED) is 0.339. The average Bonchev–Trinajstić information content (AvgIpc) is 2.78. The lowest BCUT2D eigenvalue weighted by Gasteiger charge is -2.16. The Morgan fingerprint density at radius 3 is 2.51 bits per heavy atom. The van der Waals surface area contributed by atoms with E-state index in [4.69, 9.17) is 5.73 Å².